The zero-order valence-corrected chi connectivity index (χ0v) is 9.56. The molecule has 0 saturated heterocycles. The predicted octanol–water partition coefficient (Wildman–Crippen LogP) is -1.49. The fourth-order valence-electron chi connectivity index (χ4n) is 0.906. The molecule has 1 atom stereocenters. The van der Waals surface area contributed by atoms with Crippen LogP contribution in [0.4, 0.5) is 0 Å². The normalized spacial score (nSPS) is 11.5. The van der Waals surface area contributed by atoms with Gasteiger partial charge in [0, 0.05) is 7.05 Å². The van der Waals surface area contributed by atoms with Gasteiger partial charge in [-0.15, -0.1) is 0 Å². The van der Waals surface area contributed by atoms with Crippen molar-refractivity contribution in [3.8, 4) is 0 Å². The summed E-state index contributed by atoms with van der Waals surface area (Å²) < 4.78 is 8.95. The molecule has 0 saturated carbocycles. The van der Waals surface area contributed by atoms with Crippen LogP contribution >= 0.6 is 0 Å². The van der Waals surface area contributed by atoms with Crippen LogP contribution in [0.15, 0.2) is 0 Å². The first-order chi connectivity index (χ1) is 7.43. The lowest BCUT2D eigenvalue weighted by molar-refractivity contribution is -0.153. The molecular formula is C9H16N2O5. The lowest BCUT2D eigenvalue weighted by Crippen LogP contribution is -2.48. The minimum Gasteiger partial charge on any atom is -0.468 e. The van der Waals surface area contributed by atoms with Crippen LogP contribution in [0.5, 0.6) is 0 Å². The van der Waals surface area contributed by atoms with Crippen LogP contribution in [-0.4, -0.2) is 56.1 Å². The van der Waals surface area contributed by atoms with Crippen molar-refractivity contribution in [3.63, 3.8) is 0 Å². The Morgan fingerprint density at radius 1 is 1.38 bits per heavy atom. The highest BCUT2D eigenvalue weighted by Crippen LogP contribution is 1.94. The molecule has 0 rings (SSSR count). The maximum atomic E-state index is 11.5. The summed E-state index contributed by atoms with van der Waals surface area (Å²) in [7, 11) is 2.55. The van der Waals surface area contributed by atoms with Gasteiger partial charge in [0.15, 0.2) is 6.04 Å². The number of esters is 2. The summed E-state index contributed by atoms with van der Waals surface area (Å²) in [4.78, 5) is 34.5. The Labute approximate surface area is 93.5 Å². The van der Waals surface area contributed by atoms with Crippen LogP contribution in [0, 0.1) is 0 Å². The molecule has 7 nitrogen and oxygen atoms in total. The van der Waals surface area contributed by atoms with Gasteiger partial charge in [-0.3, -0.25) is 9.59 Å². The topological polar surface area (TPSA) is 98.9 Å². The molecule has 0 heterocycles. The smallest absolute Gasteiger partial charge is 0.332 e. The number of hydrogen-bond donors (Lipinski definition) is 1. The van der Waals surface area contributed by atoms with Crippen LogP contribution in [0.25, 0.3) is 0 Å². The molecule has 0 aromatic rings. The number of carbonyl (C=O) groups excluding carboxylic acids is 3. The number of methoxy groups -OCH3 is 1. The highest BCUT2D eigenvalue weighted by atomic mass is 16.5. The van der Waals surface area contributed by atoms with Crippen molar-refractivity contribution in [2.24, 2.45) is 5.73 Å². The molecule has 7 heteroatoms. The minimum atomic E-state index is -1.41. The molecule has 0 spiro atoms. The Hall–Kier alpha value is -1.63. The SMILES string of the molecule is CCOC(=O)C(N)C(=O)N(C)CC(=O)OC. The number of rotatable bonds is 5. The van der Waals surface area contributed by atoms with E-state index in [0.717, 1.165) is 4.90 Å². The molecule has 1 unspecified atom stereocenters. The molecule has 0 bridgehead atoms. The molecule has 0 aliphatic carbocycles. The summed E-state index contributed by atoms with van der Waals surface area (Å²) in [6.07, 6.45) is 0. The standard InChI is InChI=1S/C9H16N2O5/c1-4-16-9(14)7(10)8(13)11(2)5-6(12)15-3/h7H,4-5,10H2,1-3H3. The number of carbonyl (C=O) groups is 3. The third-order valence-electron chi connectivity index (χ3n) is 1.78. The van der Waals surface area contributed by atoms with E-state index in [-0.39, 0.29) is 13.2 Å². The maximum absolute atomic E-state index is 11.5. The van der Waals surface area contributed by atoms with E-state index in [0.29, 0.717) is 0 Å². The fraction of sp³-hybridized carbons (Fsp3) is 0.667. The molecule has 0 radical (unpaired) electrons. The van der Waals surface area contributed by atoms with Crippen molar-refractivity contribution in [3.05, 3.63) is 0 Å². The third kappa shape index (κ3) is 4.26. The number of hydrogen-bond acceptors (Lipinski definition) is 6. The molecule has 0 aliphatic rings. The average molecular weight is 232 g/mol. The molecular weight excluding hydrogens is 216 g/mol. The predicted molar refractivity (Wildman–Crippen MR) is 54.3 cm³/mol. The van der Waals surface area contributed by atoms with Gasteiger partial charge >= 0.3 is 11.9 Å². The monoisotopic (exact) mass is 232 g/mol. The highest BCUT2D eigenvalue weighted by molar-refractivity contribution is 6.02. The van der Waals surface area contributed by atoms with Crippen LogP contribution in [-0.2, 0) is 23.9 Å². The van der Waals surface area contributed by atoms with Crippen molar-refractivity contribution >= 4 is 17.8 Å². The van der Waals surface area contributed by atoms with E-state index in [2.05, 4.69) is 9.47 Å². The first-order valence-electron chi connectivity index (χ1n) is 4.68. The summed E-state index contributed by atoms with van der Waals surface area (Å²) in [6.45, 7) is 1.48. The number of amides is 1. The summed E-state index contributed by atoms with van der Waals surface area (Å²) in [5.74, 6) is -2.10. The van der Waals surface area contributed by atoms with E-state index in [4.69, 9.17) is 5.73 Å². The van der Waals surface area contributed by atoms with Gasteiger partial charge in [-0.2, -0.15) is 0 Å². The summed E-state index contributed by atoms with van der Waals surface area (Å²) in [6, 6.07) is -1.41. The molecule has 0 aromatic heterocycles. The number of likely N-dealkylation sites (N-methyl/N-ethyl adjacent to an activating group) is 1. The largest absolute Gasteiger partial charge is 0.468 e. The van der Waals surface area contributed by atoms with Crippen molar-refractivity contribution in [2.75, 3.05) is 27.3 Å². The molecule has 0 aliphatic heterocycles. The van der Waals surface area contributed by atoms with E-state index in [9.17, 15) is 14.4 Å². The third-order valence-corrected chi connectivity index (χ3v) is 1.78. The van der Waals surface area contributed by atoms with Gasteiger partial charge in [0.05, 0.1) is 13.7 Å². The van der Waals surface area contributed by atoms with Gasteiger partial charge in [0.25, 0.3) is 5.91 Å². The van der Waals surface area contributed by atoms with Crippen LogP contribution in [0.1, 0.15) is 6.92 Å². The number of ether oxygens (including phenoxy) is 2. The molecule has 1 amide bonds. The van der Waals surface area contributed by atoms with Crippen LogP contribution in [0.3, 0.4) is 0 Å². The van der Waals surface area contributed by atoms with E-state index in [1.165, 1.54) is 14.2 Å². The fourth-order valence-corrected chi connectivity index (χ4v) is 0.906. The number of nitrogens with two attached hydrogens (primary N) is 1. The molecule has 16 heavy (non-hydrogen) atoms. The lowest BCUT2D eigenvalue weighted by Gasteiger charge is -2.18. The van der Waals surface area contributed by atoms with Crippen molar-refractivity contribution in [1.82, 2.24) is 4.90 Å². The average Bonchev–Trinajstić information content (AvgIpc) is 2.26. The second-order valence-corrected chi connectivity index (χ2v) is 3.00. The van der Waals surface area contributed by atoms with E-state index in [1.54, 1.807) is 6.92 Å². The van der Waals surface area contributed by atoms with Crippen molar-refractivity contribution in [2.45, 2.75) is 13.0 Å². The van der Waals surface area contributed by atoms with Gasteiger partial charge in [-0.25, -0.2) is 4.79 Å². The van der Waals surface area contributed by atoms with Gasteiger partial charge in [-0.05, 0) is 6.92 Å². The summed E-state index contributed by atoms with van der Waals surface area (Å²) in [5, 5.41) is 0. The van der Waals surface area contributed by atoms with E-state index in [1.807, 2.05) is 0 Å². The molecule has 92 valence electrons. The van der Waals surface area contributed by atoms with E-state index < -0.39 is 23.9 Å². The first kappa shape index (κ1) is 14.4. The zero-order chi connectivity index (χ0) is 12.7. The highest BCUT2D eigenvalue weighted by Gasteiger charge is 2.27. The quantitative estimate of drug-likeness (QED) is 0.458. The first-order valence-corrected chi connectivity index (χ1v) is 4.68. The van der Waals surface area contributed by atoms with Crippen molar-refractivity contribution < 1.29 is 23.9 Å². The van der Waals surface area contributed by atoms with Gasteiger partial charge in [0.1, 0.15) is 6.54 Å². The molecule has 0 fully saturated rings. The minimum absolute atomic E-state index is 0.139. The van der Waals surface area contributed by atoms with Gasteiger partial charge in [0.2, 0.25) is 0 Å². The second-order valence-electron chi connectivity index (χ2n) is 3.00. The second kappa shape index (κ2) is 6.78. The molecule has 2 N–H and O–H groups in total. The summed E-state index contributed by atoms with van der Waals surface area (Å²) >= 11 is 0. The van der Waals surface area contributed by atoms with E-state index >= 15 is 0 Å². The Kier molecular flexibility index (Phi) is 6.09. The Bertz CT molecular complexity index is 279. The van der Waals surface area contributed by atoms with Gasteiger partial charge in [-0.1, -0.05) is 0 Å². The maximum Gasteiger partial charge on any atom is 0.332 e. The zero-order valence-electron chi connectivity index (χ0n) is 9.56. The number of nitrogens with zero attached hydrogens (tertiary/aromatic N) is 1. The molecule has 0 aromatic carbocycles. The van der Waals surface area contributed by atoms with Crippen LogP contribution < -0.4 is 5.73 Å². The van der Waals surface area contributed by atoms with Crippen LogP contribution in [0.2, 0.25) is 0 Å². The Morgan fingerprint density at radius 2 is 1.94 bits per heavy atom. The Morgan fingerprint density at radius 3 is 2.38 bits per heavy atom. The Balaban J connectivity index is 4.31. The summed E-state index contributed by atoms with van der Waals surface area (Å²) in [5.41, 5.74) is 5.35. The lowest BCUT2D eigenvalue weighted by atomic mass is 10.3. The van der Waals surface area contributed by atoms with Gasteiger partial charge < -0.3 is 20.1 Å². The van der Waals surface area contributed by atoms with Crippen molar-refractivity contribution in [1.29, 1.82) is 0 Å².